The Morgan fingerprint density at radius 1 is 1.29 bits per heavy atom. The normalized spacial score (nSPS) is 13.1. The number of nitrogens with zero attached hydrogens (tertiary/aromatic N) is 2. The van der Waals surface area contributed by atoms with E-state index in [0.717, 1.165) is 30.1 Å². The van der Waals surface area contributed by atoms with Crippen LogP contribution in [0.15, 0.2) is 61.6 Å². The van der Waals surface area contributed by atoms with Gasteiger partial charge in [-0.2, -0.15) is 0 Å². The highest BCUT2D eigenvalue weighted by molar-refractivity contribution is 5.88. The molecule has 0 N–H and O–H groups in total. The van der Waals surface area contributed by atoms with Gasteiger partial charge in [-0.1, -0.05) is 43.5 Å². The molecule has 0 aliphatic carbocycles. The Morgan fingerprint density at radius 3 is 2.46 bits per heavy atom. The van der Waals surface area contributed by atoms with Gasteiger partial charge in [0.15, 0.2) is 0 Å². The molecule has 2 nitrogen and oxygen atoms in total. The molecule has 0 radical (unpaired) electrons. The molecule has 4 heteroatoms. The number of aryl methyl sites for hydroxylation is 1. The minimum atomic E-state index is -0.733. The van der Waals surface area contributed by atoms with Gasteiger partial charge in [0, 0.05) is 30.1 Å². The second-order valence-corrected chi connectivity index (χ2v) is 5.24. The second-order valence-electron chi connectivity index (χ2n) is 5.24. The largest absolute Gasteiger partial charge is 0.320 e. The van der Waals surface area contributed by atoms with Crippen LogP contribution in [-0.2, 0) is 0 Å². The van der Waals surface area contributed by atoms with Gasteiger partial charge in [0.05, 0.1) is 11.9 Å². The van der Waals surface area contributed by atoms with E-state index < -0.39 is 5.83 Å². The van der Waals surface area contributed by atoms with Crippen molar-refractivity contribution in [3.63, 3.8) is 0 Å². The zero-order valence-corrected chi connectivity index (χ0v) is 14.7. The van der Waals surface area contributed by atoms with Gasteiger partial charge < -0.3 is 4.57 Å². The van der Waals surface area contributed by atoms with Crippen molar-refractivity contribution < 1.29 is 8.87 Å². The molecular weight excluding hydrogens is 306 g/mol. The minimum Gasteiger partial charge on any atom is -0.320 e. The van der Waals surface area contributed by atoms with Gasteiger partial charge >= 0.3 is 0 Å². The van der Waals surface area contributed by atoms with E-state index in [1.165, 1.54) is 0 Å². The summed E-state index contributed by atoms with van der Waals surface area (Å²) in [5.41, 5.74) is 3.28. The standard InChI is InChI=1S/C20H24F2N2/c1-7-10-17(11-8-2)18-13-15(4)24(12-9-3)20(18)16(5)19(21)14-23(6)22/h7-14H,1,5H2,2-4,6H3/b11-8-,12-9+,17-10+,19-14+. The van der Waals surface area contributed by atoms with Crippen molar-refractivity contribution >= 4 is 17.3 Å². The number of rotatable bonds is 7. The van der Waals surface area contributed by atoms with E-state index in [9.17, 15) is 8.87 Å². The average Bonchev–Trinajstić information content (AvgIpc) is 2.83. The van der Waals surface area contributed by atoms with Crippen LogP contribution in [-0.4, -0.2) is 16.7 Å². The van der Waals surface area contributed by atoms with Crippen LogP contribution < -0.4 is 0 Å². The van der Waals surface area contributed by atoms with Gasteiger partial charge in [-0.15, -0.1) is 4.48 Å². The smallest absolute Gasteiger partial charge is 0.150 e. The summed E-state index contributed by atoms with van der Waals surface area (Å²) in [6.45, 7) is 13.3. The predicted octanol–water partition coefficient (Wildman–Crippen LogP) is 6.07. The third kappa shape index (κ3) is 4.44. The number of aromatic nitrogens is 1. The molecule has 1 aromatic heterocycles. The Balaban J connectivity index is 3.69. The lowest BCUT2D eigenvalue weighted by Crippen LogP contribution is -2.01. The van der Waals surface area contributed by atoms with Gasteiger partial charge in [-0.3, -0.25) is 0 Å². The van der Waals surface area contributed by atoms with Crippen molar-refractivity contribution in [3.8, 4) is 0 Å². The minimum absolute atomic E-state index is 0.111. The Hall–Kier alpha value is -2.62. The van der Waals surface area contributed by atoms with E-state index in [1.54, 1.807) is 6.08 Å². The predicted molar refractivity (Wildman–Crippen MR) is 100 cm³/mol. The van der Waals surface area contributed by atoms with Crippen molar-refractivity contribution in [2.75, 3.05) is 7.05 Å². The molecule has 1 heterocycles. The SMILES string of the molecule is C=C/C=C(\C=C/C)c1cc(C)n(/C=C/C)c1C(=C)/C(F)=C\N(C)F. The lowest BCUT2D eigenvalue weighted by molar-refractivity contribution is 0.125. The monoisotopic (exact) mass is 330 g/mol. The zero-order chi connectivity index (χ0) is 18.3. The summed E-state index contributed by atoms with van der Waals surface area (Å²) >= 11 is 0. The molecule has 0 aliphatic rings. The molecule has 0 aliphatic heterocycles. The van der Waals surface area contributed by atoms with E-state index in [2.05, 4.69) is 13.2 Å². The molecule has 0 atom stereocenters. The summed E-state index contributed by atoms with van der Waals surface area (Å²) in [4.78, 5) is 0. The third-order valence-corrected chi connectivity index (χ3v) is 3.35. The molecule has 24 heavy (non-hydrogen) atoms. The number of halogens is 2. The molecule has 0 saturated carbocycles. The van der Waals surface area contributed by atoms with Crippen LogP contribution in [0.2, 0.25) is 0 Å². The summed E-state index contributed by atoms with van der Waals surface area (Å²) in [5, 5.41) is 0.169. The molecule has 1 aromatic rings. The van der Waals surface area contributed by atoms with Gasteiger partial charge in [0.2, 0.25) is 0 Å². The maximum atomic E-state index is 14.4. The molecule has 0 saturated heterocycles. The Bertz CT molecular complexity index is 729. The first-order chi connectivity index (χ1) is 11.4. The van der Waals surface area contributed by atoms with Gasteiger partial charge in [-0.25, -0.2) is 9.51 Å². The fraction of sp³-hybridized carbons (Fsp3) is 0.200. The van der Waals surface area contributed by atoms with Gasteiger partial charge in [0.1, 0.15) is 5.83 Å². The zero-order valence-electron chi connectivity index (χ0n) is 14.7. The molecule has 0 spiro atoms. The third-order valence-electron chi connectivity index (χ3n) is 3.35. The van der Waals surface area contributed by atoms with Crippen LogP contribution in [0, 0.1) is 6.92 Å². The van der Waals surface area contributed by atoms with Crippen molar-refractivity contribution in [2.24, 2.45) is 0 Å². The highest BCUT2D eigenvalue weighted by Crippen LogP contribution is 2.33. The maximum Gasteiger partial charge on any atom is 0.150 e. The topological polar surface area (TPSA) is 8.17 Å². The molecule has 1 rings (SSSR count). The second kappa shape index (κ2) is 8.87. The van der Waals surface area contributed by atoms with Crippen LogP contribution in [0.25, 0.3) is 17.3 Å². The van der Waals surface area contributed by atoms with E-state index in [0.29, 0.717) is 5.69 Å². The Labute approximate surface area is 143 Å². The fourth-order valence-corrected chi connectivity index (χ4v) is 2.41. The van der Waals surface area contributed by atoms with E-state index in [4.69, 9.17) is 0 Å². The van der Waals surface area contributed by atoms with E-state index >= 15 is 0 Å². The summed E-state index contributed by atoms with van der Waals surface area (Å²) in [5.74, 6) is -0.733. The Morgan fingerprint density at radius 2 is 1.96 bits per heavy atom. The quantitative estimate of drug-likeness (QED) is 0.435. The van der Waals surface area contributed by atoms with Crippen LogP contribution >= 0.6 is 0 Å². The van der Waals surface area contributed by atoms with Gasteiger partial charge in [0.25, 0.3) is 0 Å². The van der Waals surface area contributed by atoms with Crippen LogP contribution in [0.4, 0.5) is 8.87 Å². The van der Waals surface area contributed by atoms with Crippen molar-refractivity contribution in [2.45, 2.75) is 20.8 Å². The lowest BCUT2D eigenvalue weighted by atomic mass is 10.0. The van der Waals surface area contributed by atoms with E-state index in [1.807, 2.05) is 61.9 Å². The van der Waals surface area contributed by atoms with Crippen molar-refractivity contribution in [1.82, 2.24) is 9.69 Å². The molecule has 0 amide bonds. The summed E-state index contributed by atoms with van der Waals surface area (Å²) in [7, 11) is 1.12. The molecule has 128 valence electrons. The maximum absolute atomic E-state index is 14.4. The van der Waals surface area contributed by atoms with E-state index in [-0.39, 0.29) is 10.7 Å². The number of allylic oxidation sites excluding steroid dienone is 8. The summed E-state index contributed by atoms with van der Waals surface area (Å²) < 4.78 is 29.2. The van der Waals surface area contributed by atoms with Crippen LogP contribution in [0.1, 0.15) is 30.8 Å². The van der Waals surface area contributed by atoms with Crippen molar-refractivity contribution in [1.29, 1.82) is 0 Å². The first kappa shape index (κ1) is 19.4. The average molecular weight is 330 g/mol. The molecular formula is C20H24F2N2. The Kier molecular flexibility index (Phi) is 7.18. The molecule has 0 fully saturated rings. The van der Waals surface area contributed by atoms with Crippen LogP contribution in [0.5, 0.6) is 0 Å². The fourth-order valence-electron chi connectivity index (χ4n) is 2.41. The summed E-state index contributed by atoms with van der Waals surface area (Å²) in [6, 6.07) is 1.95. The molecule has 0 bridgehead atoms. The first-order valence-electron chi connectivity index (χ1n) is 7.63. The highest BCUT2D eigenvalue weighted by Gasteiger charge is 2.19. The highest BCUT2D eigenvalue weighted by atomic mass is 19.2. The molecule has 0 unspecified atom stereocenters. The summed E-state index contributed by atoms with van der Waals surface area (Å²) in [6.07, 6.45) is 11.8. The van der Waals surface area contributed by atoms with Crippen molar-refractivity contribution in [3.05, 3.63) is 78.6 Å². The number of hydrogen-bond donors (Lipinski definition) is 0. The molecule has 0 aromatic carbocycles. The number of hydrogen-bond acceptors (Lipinski definition) is 1. The lowest BCUT2D eigenvalue weighted by Gasteiger charge is -2.12. The first-order valence-corrected chi connectivity index (χ1v) is 7.63. The van der Waals surface area contributed by atoms with Crippen LogP contribution in [0.3, 0.4) is 0 Å². The van der Waals surface area contributed by atoms with Gasteiger partial charge in [-0.05, 0) is 32.4 Å².